The van der Waals surface area contributed by atoms with Crippen LogP contribution in [0.4, 0.5) is 5.00 Å². The highest BCUT2D eigenvalue weighted by Gasteiger charge is 2.27. The van der Waals surface area contributed by atoms with Crippen molar-refractivity contribution in [1.82, 2.24) is 0 Å². The molecule has 0 saturated heterocycles. The zero-order valence-corrected chi connectivity index (χ0v) is 18.8. The Bertz CT molecular complexity index is 887. The third-order valence-corrected chi connectivity index (χ3v) is 6.00. The number of thioether (sulfide) groups is 1. The van der Waals surface area contributed by atoms with Crippen molar-refractivity contribution in [2.45, 2.75) is 45.6 Å². The average molecular weight is 436 g/mol. The van der Waals surface area contributed by atoms with Crippen LogP contribution in [0.25, 0.3) is 0 Å². The Kier molecular flexibility index (Phi) is 8.28. The largest absolute Gasteiger partial charge is 0.462 e. The predicted octanol–water partition coefficient (Wildman–Crippen LogP) is 4.84. The summed E-state index contributed by atoms with van der Waals surface area (Å²) in [4.78, 5) is 38.5. The second-order valence-electron chi connectivity index (χ2n) is 6.58. The summed E-state index contributed by atoms with van der Waals surface area (Å²) in [6.07, 6.45) is -0.293. The molecule has 0 atom stereocenters. The number of ether oxygens (including phenoxy) is 2. The molecule has 156 valence electrons. The smallest absolute Gasteiger partial charge is 0.348 e. The van der Waals surface area contributed by atoms with Gasteiger partial charge in [-0.15, -0.1) is 23.1 Å². The van der Waals surface area contributed by atoms with E-state index in [1.54, 1.807) is 27.7 Å². The number of amides is 1. The summed E-state index contributed by atoms with van der Waals surface area (Å²) in [7, 11) is 0. The standard InChI is InChI=1S/C21H25NO5S2/c1-6-26-20(24)17-14(5)18(21(25)27-12(2)3)29-19(17)22-16(23)11-28-15-9-7-13(4)8-10-15/h7-10,12H,6,11H2,1-5H3,(H,22,23). The lowest BCUT2D eigenvalue weighted by atomic mass is 10.1. The van der Waals surface area contributed by atoms with Gasteiger partial charge >= 0.3 is 11.9 Å². The number of thiophene rings is 1. The quantitative estimate of drug-likeness (QED) is 0.472. The normalized spacial score (nSPS) is 10.7. The molecule has 1 aromatic heterocycles. The zero-order valence-electron chi connectivity index (χ0n) is 17.2. The number of carbonyl (C=O) groups excluding carboxylic acids is 3. The Hall–Kier alpha value is -2.32. The van der Waals surface area contributed by atoms with Gasteiger partial charge in [0.05, 0.1) is 24.0 Å². The third kappa shape index (κ3) is 6.33. The number of aryl methyl sites for hydroxylation is 1. The monoisotopic (exact) mass is 435 g/mol. The number of hydrogen-bond acceptors (Lipinski definition) is 7. The average Bonchev–Trinajstić information content (AvgIpc) is 2.97. The maximum atomic E-state index is 12.5. The molecule has 0 saturated carbocycles. The molecule has 1 amide bonds. The lowest BCUT2D eigenvalue weighted by Crippen LogP contribution is -2.16. The molecule has 2 aromatic rings. The molecule has 29 heavy (non-hydrogen) atoms. The van der Waals surface area contributed by atoms with Gasteiger partial charge in [0.1, 0.15) is 9.88 Å². The third-order valence-electron chi connectivity index (χ3n) is 3.80. The van der Waals surface area contributed by atoms with Gasteiger partial charge in [0, 0.05) is 4.90 Å². The second kappa shape index (κ2) is 10.5. The van der Waals surface area contributed by atoms with Gasteiger partial charge in [-0.3, -0.25) is 4.79 Å². The fourth-order valence-corrected chi connectivity index (χ4v) is 4.25. The molecule has 0 radical (unpaired) electrons. The summed E-state index contributed by atoms with van der Waals surface area (Å²) >= 11 is 2.42. The second-order valence-corrected chi connectivity index (χ2v) is 8.65. The Balaban J connectivity index is 2.20. The van der Waals surface area contributed by atoms with Gasteiger partial charge in [0.25, 0.3) is 0 Å². The predicted molar refractivity (Wildman–Crippen MR) is 116 cm³/mol. The zero-order chi connectivity index (χ0) is 21.6. The van der Waals surface area contributed by atoms with E-state index in [1.807, 2.05) is 31.2 Å². The minimum atomic E-state index is -0.577. The van der Waals surface area contributed by atoms with Crippen LogP contribution in [0.2, 0.25) is 0 Å². The fraction of sp³-hybridized carbons (Fsp3) is 0.381. The molecule has 0 bridgehead atoms. The topological polar surface area (TPSA) is 81.7 Å². The number of benzene rings is 1. The molecular formula is C21H25NO5S2. The van der Waals surface area contributed by atoms with Crippen LogP contribution in [-0.4, -0.2) is 36.3 Å². The first-order chi connectivity index (χ1) is 13.7. The molecule has 0 aliphatic heterocycles. The summed E-state index contributed by atoms with van der Waals surface area (Å²) < 4.78 is 10.4. The van der Waals surface area contributed by atoms with Crippen LogP contribution in [0, 0.1) is 13.8 Å². The van der Waals surface area contributed by atoms with E-state index in [4.69, 9.17) is 9.47 Å². The number of esters is 2. The van der Waals surface area contributed by atoms with Crippen LogP contribution in [-0.2, 0) is 14.3 Å². The van der Waals surface area contributed by atoms with Crippen molar-refractivity contribution in [3.05, 3.63) is 45.8 Å². The van der Waals surface area contributed by atoms with Gasteiger partial charge in [0.15, 0.2) is 0 Å². The van der Waals surface area contributed by atoms with Gasteiger partial charge in [-0.25, -0.2) is 9.59 Å². The minimum Gasteiger partial charge on any atom is -0.462 e. The van der Waals surface area contributed by atoms with Crippen molar-refractivity contribution in [3.8, 4) is 0 Å². The molecule has 2 rings (SSSR count). The van der Waals surface area contributed by atoms with Crippen molar-refractivity contribution in [2.75, 3.05) is 17.7 Å². The van der Waals surface area contributed by atoms with Crippen molar-refractivity contribution in [2.24, 2.45) is 0 Å². The van der Waals surface area contributed by atoms with E-state index in [0.717, 1.165) is 21.8 Å². The van der Waals surface area contributed by atoms with Crippen LogP contribution in [0.5, 0.6) is 0 Å². The minimum absolute atomic E-state index is 0.175. The van der Waals surface area contributed by atoms with E-state index in [9.17, 15) is 14.4 Å². The highest BCUT2D eigenvalue weighted by molar-refractivity contribution is 8.00. The first kappa shape index (κ1) is 23.0. The molecular weight excluding hydrogens is 410 g/mol. The molecule has 0 unspecified atom stereocenters. The Labute approximate surface area is 179 Å². The van der Waals surface area contributed by atoms with Crippen LogP contribution < -0.4 is 5.32 Å². The van der Waals surface area contributed by atoms with Crippen molar-refractivity contribution < 1.29 is 23.9 Å². The lowest BCUT2D eigenvalue weighted by Gasteiger charge is -2.07. The van der Waals surface area contributed by atoms with Crippen LogP contribution >= 0.6 is 23.1 Å². The molecule has 1 heterocycles. The maximum absolute atomic E-state index is 12.5. The SMILES string of the molecule is CCOC(=O)c1c(NC(=O)CSc2ccc(C)cc2)sc(C(=O)OC(C)C)c1C. The maximum Gasteiger partial charge on any atom is 0.348 e. The summed E-state index contributed by atoms with van der Waals surface area (Å²) in [6, 6.07) is 7.86. The Morgan fingerprint density at radius 3 is 2.34 bits per heavy atom. The van der Waals surface area contributed by atoms with Crippen molar-refractivity contribution in [3.63, 3.8) is 0 Å². The van der Waals surface area contributed by atoms with E-state index < -0.39 is 11.9 Å². The number of anilines is 1. The van der Waals surface area contributed by atoms with Gasteiger partial charge in [-0.05, 0) is 52.3 Å². The van der Waals surface area contributed by atoms with Crippen LogP contribution in [0.3, 0.4) is 0 Å². The van der Waals surface area contributed by atoms with Crippen LogP contribution in [0.1, 0.15) is 51.9 Å². The highest BCUT2D eigenvalue weighted by Crippen LogP contribution is 2.34. The van der Waals surface area contributed by atoms with Gasteiger partial charge < -0.3 is 14.8 Å². The Morgan fingerprint density at radius 2 is 1.76 bits per heavy atom. The lowest BCUT2D eigenvalue weighted by molar-refractivity contribution is -0.113. The molecule has 0 fully saturated rings. The molecule has 1 N–H and O–H groups in total. The first-order valence-corrected chi connectivity index (χ1v) is 11.0. The summed E-state index contributed by atoms with van der Waals surface area (Å²) in [5, 5.41) is 3.05. The summed E-state index contributed by atoms with van der Waals surface area (Å²) in [5.74, 6) is -1.20. The van der Waals surface area contributed by atoms with Crippen molar-refractivity contribution >= 4 is 45.9 Å². The van der Waals surface area contributed by atoms with Gasteiger partial charge in [-0.1, -0.05) is 17.7 Å². The van der Waals surface area contributed by atoms with Gasteiger partial charge in [-0.2, -0.15) is 0 Å². The molecule has 0 spiro atoms. The molecule has 0 aliphatic rings. The van der Waals surface area contributed by atoms with E-state index in [2.05, 4.69) is 5.32 Å². The summed E-state index contributed by atoms with van der Waals surface area (Å²) in [5.41, 5.74) is 1.79. The van der Waals surface area contributed by atoms with Crippen LogP contribution in [0.15, 0.2) is 29.2 Å². The van der Waals surface area contributed by atoms with E-state index >= 15 is 0 Å². The van der Waals surface area contributed by atoms with Crippen molar-refractivity contribution in [1.29, 1.82) is 0 Å². The highest BCUT2D eigenvalue weighted by atomic mass is 32.2. The molecule has 0 aliphatic carbocycles. The molecule has 6 nitrogen and oxygen atoms in total. The first-order valence-electron chi connectivity index (χ1n) is 9.23. The Morgan fingerprint density at radius 1 is 1.10 bits per heavy atom. The van der Waals surface area contributed by atoms with E-state index in [1.165, 1.54) is 11.8 Å². The van der Waals surface area contributed by atoms with Gasteiger partial charge in [0.2, 0.25) is 5.91 Å². The number of rotatable bonds is 8. The summed E-state index contributed by atoms with van der Waals surface area (Å²) in [6.45, 7) is 9.03. The number of hydrogen-bond donors (Lipinski definition) is 1. The fourth-order valence-electron chi connectivity index (χ4n) is 2.46. The number of carbonyl (C=O) groups is 3. The molecule has 1 aromatic carbocycles. The van der Waals surface area contributed by atoms with E-state index in [-0.39, 0.29) is 34.8 Å². The number of nitrogens with one attached hydrogen (secondary N) is 1. The molecule has 8 heteroatoms. The van der Waals surface area contributed by atoms with E-state index in [0.29, 0.717) is 10.6 Å².